The van der Waals surface area contributed by atoms with Crippen molar-refractivity contribution in [2.75, 3.05) is 0 Å². The number of hydrogen-bond acceptors (Lipinski definition) is 3. The molecule has 1 aromatic rings. The fraction of sp³-hybridized carbons (Fsp3) is 0.684. The summed E-state index contributed by atoms with van der Waals surface area (Å²) in [4.78, 5) is 0. The second-order valence-electron chi connectivity index (χ2n) is 7.03. The number of benzene rings is 1. The Hall–Kier alpha value is -1.06. The molecule has 0 spiro atoms. The summed E-state index contributed by atoms with van der Waals surface area (Å²) in [6.45, 7) is 2.12. The third-order valence-electron chi connectivity index (χ3n) is 5.32. The van der Waals surface area contributed by atoms with Crippen molar-refractivity contribution in [1.29, 1.82) is 0 Å². The number of hydrogen-bond donors (Lipinski definition) is 2. The fourth-order valence-electron chi connectivity index (χ4n) is 3.92. The molecule has 1 aromatic carbocycles. The van der Waals surface area contributed by atoms with E-state index in [-0.39, 0.29) is 6.10 Å². The van der Waals surface area contributed by atoms with Gasteiger partial charge in [0, 0.05) is 18.1 Å². The van der Waals surface area contributed by atoms with Crippen molar-refractivity contribution in [2.24, 2.45) is 5.73 Å². The lowest BCUT2D eigenvalue weighted by Crippen LogP contribution is -2.55. The zero-order chi connectivity index (χ0) is 15.4. The molecule has 0 aliphatic heterocycles. The number of ether oxygens (including phenoxy) is 1. The molecule has 3 N–H and O–H groups in total. The van der Waals surface area contributed by atoms with Crippen LogP contribution in [0.3, 0.4) is 0 Å². The molecule has 2 saturated carbocycles. The number of nitrogens with two attached hydrogens (primary N) is 1. The molecule has 122 valence electrons. The molecule has 0 radical (unpaired) electrons. The van der Waals surface area contributed by atoms with E-state index in [9.17, 15) is 0 Å². The van der Waals surface area contributed by atoms with E-state index in [1.54, 1.807) is 0 Å². The van der Waals surface area contributed by atoms with E-state index in [1.807, 2.05) is 0 Å². The predicted octanol–water partition coefficient (Wildman–Crippen LogP) is 3.54. The van der Waals surface area contributed by atoms with Crippen LogP contribution in [0.2, 0.25) is 0 Å². The molecule has 3 rings (SSSR count). The normalized spacial score (nSPS) is 32.6. The lowest BCUT2D eigenvalue weighted by molar-refractivity contribution is 0.0995. The molecule has 0 unspecified atom stereocenters. The van der Waals surface area contributed by atoms with Crippen LogP contribution in [-0.4, -0.2) is 24.2 Å². The molecule has 3 heteroatoms. The Morgan fingerprint density at radius 3 is 2.41 bits per heavy atom. The summed E-state index contributed by atoms with van der Waals surface area (Å²) in [6.07, 6.45) is 10.2. The van der Waals surface area contributed by atoms with Crippen molar-refractivity contribution >= 4 is 0 Å². The van der Waals surface area contributed by atoms with Gasteiger partial charge in [-0.2, -0.15) is 0 Å². The number of nitrogens with one attached hydrogen (secondary N) is 1. The van der Waals surface area contributed by atoms with Crippen molar-refractivity contribution in [1.82, 2.24) is 5.32 Å². The lowest BCUT2D eigenvalue weighted by Gasteiger charge is -2.38. The van der Waals surface area contributed by atoms with Crippen LogP contribution in [0.25, 0.3) is 0 Å². The van der Waals surface area contributed by atoms with E-state index in [0.717, 1.165) is 18.6 Å². The van der Waals surface area contributed by atoms with E-state index >= 15 is 0 Å². The Kier molecular flexibility index (Phi) is 5.37. The van der Waals surface area contributed by atoms with Gasteiger partial charge in [-0.15, -0.1) is 0 Å². The third-order valence-corrected chi connectivity index (χ3v) is 5.32. The van der Waals surface area contributed by atoms with Gasteiger partial charge in [0.05, 0.1) is 0 Å². The molecule has 0 bridgehead atoms. The summed E-state index contributed by atoms with van der Waals surface area (Å²) in [5, 5.41) is 3.85. The molecule has 22 heavy (non-hydrogen) atoms. The zero-order valence-corrected chi connectivity index (χ0v) is 13.8. The van der Waals surface area contributed by atoms with Crippen molar-refractivity contribution in [3.63, 3.8) is 0 Å². The van der Waals surface area contributed by atoms with Crippen molar-refractivity contribution in [3.05, 3.63) is 29.8 Å². The second kappa shape index (κ2) is 7.47. The molecule has 0 aromatic heterocycles. The van der Waals surface area contributed by atoms with Gasteiger partial charge >= 0.3 is 0 Å². The Morgan fingerprint density at radius 1 is 0.955 bits per heavy atom. The number of rotatable bonds is 4. The lowest BCUT2D eigenvalue weighted by atomic mass is 9.87. The minimum absolute atomic E-state index is 0.281. The Labute approximate surface area is 134 Å². The van der Waals surface area contributed by atoms with Gasteiger partial charge in [0.15, 0.2) is 0 Å². The van der Waals surface area contributed by atoms with Crippen LogP contribution >= 0.6 is 0 Å². The third kappa shape index (κ3) is 3.82. The van der Waals surface area contributed by atoms with E-state index in [1.165, 1.54) is 44.1 Å². The maximum absolute atomic E-state index is 6.37. The van der Waals surface area contributed by atoms with Crippen molar-refractivity contribution in [3.8, 4) is 5.75 Å². The van der Waals surface area contributed by atoms with Gasteiger partial charge in [0.25, 0.3) is 0 Å². The molecule has 4 atom stereocenters. The summed E-state index contributed by atoms with van der Waals surface area (Å²) in [6, 6.07) is 9.58. The van der Waals surface area contributed by atoms with E-state index in [0.29, 0.717) is 18.1 Å². The minimum Gasteiger partial charge on any atom is -0.489 e. The second-order valence-corrected chi connectivity index (χ2v) is 7.03. The van der Waals surface area contributed by atoms with Crippen LogP contribution in [0.5, 0.6) is 5.75 Å². The van der Waals surface area contributed by atoms with Gasteiger partial charge in [-0.05, 0) is 50.7 Å². The van der Waals surface area contributed by atoms with Gasteiger partial charge in [-0.3, -0.25) is 0 Å². The first-order valence-corrected chi connectivity index (χ1v) is 8.98. The zero-order valence-electron chi connectivity index (χ0n) is 13.8. The Bertz CT molecular complexity index is 476. The minimum atomic E-state index is 0.281. The molecular weight excluding hydrogens is 272 g/mol. The molecule has 0 saturated heterocycles. The van der Waals surface area contributed by atoms with Crippen LogP contribution in [0.1, 0.15) is 56.9 Å². The molecule has 0 heterocycles. The van der Waals surface area contributed by atoms with Crippen LogP contribution in [0.4, 0.5) is 0 Å². The molecule has 2 fully saturated rings. The van der Waals surface area contributed by atoms with E-state index in [2.05, 4.69) is 36.5 Å². The maximum atomic E-state index is 6.37. The SMILES string of the molecule is Cc1ccccc1O[C@H]1CCCC[C@H]1N[C@@H]1CCCC[C@@H]1N. The highest BCUT2D eigenvalue weighted by Gasteiger charge is 2.31. The number of aryl methyl sites for hydroxylation is 1. The van der Waals surface area contributed by atoms with Gasteiger partial charge in [0.2, 0.25) is 0 Å². The monoisotopic (exact) mass is 302 g/mol. The van der Waals surface area contributed by atoms with Gasteiger partial charge in [0.1, 0.15) is 11.9 Å². The highest BCUT2D eigenvalue weighted by Crippen LogP contribution is 2.27. The predicted molar refractivity (Wildman–Crippen MR) is 91.2 cm³/mol. The van der Waals surface area contributed by atoms with E-state index in [4.69, 9.17) is 10.5 Å². The number of para-hydroxylation sites is 1. The topological polar surface area (TPSA) is 47.3 Å². The standard InChI is InChI=1S/C19H30N2O/c1-14-8-2-6-12-18(14)22-19-13-7-5-11-17(19)21-16-10-4-3-9-15(16)20/h2,6,8,12,15-17,19,21H,3-5,7,9-11,13,20H2,1H3/t15-,16+,17+,19-/m0/s1. The summed E-state index contributed by atoms with van der Waals surface area (Å²) < 4.78 is 6.37. The summed E-state index contributed by atoms with van der Waals surface area (Å²) in [7, 11) is 0. The van der Waals surface area contributed by atoms with Crippen molar-refractivity contribution < 1.29 is 4.74 Å². The van der Waals surface area contributed by atoms with Crippen LogP contribution in [0, 0.1) is 6.92 Å². The first kappa shape index (κ1) is 15.8. The molecular formula is C19H30N2O. The van der Waals surface area contributed by atoms with Gasteiger partial charge in [-0.1, -0.05) is 37.5 Å². The van der Waals surface area contributed by atoms with Gasteiger partial charge in [-0.25, -0.2) is 0 Å². The summed E-state index contributed by atoms with van der Waals surface area (Å²) in [5.41, 5.74) is 7.54. The van der Waals surface area contributed by atoms with Crippen LogP contribution < -0.4 is 15.8 Å². The molecule has 0 amide bonds. The first-order chi connectivity index (χ1) is 10.7. The molecule has 2 aliphatic carbocycles. The fourth-order valence-corrected chi connectivity index (χ4v) is 3.92. The average Bonchev–Trinajstić information content (AvgIpc) is 2.53. The van der Waals surface area contributed by atoms with Crippen molar-refractivity contribution in [2.45, 2.75) is 82.5 Å². The van der Waals surface area contributed by atoms with Crippen LogP contribution in [0.15, 0.2) is 24.3 Å². The summed E-state index contributed by atoms with van der Waals surface area (Å²) >= 11 is 0. The van der Waals surface area contributed by atoms with Crippen LogP contribution in [-0.2, 0) is 0 Å². The molecule has 2 aliphatic rings. The average molecular weight is 302 g/mol. The molecule has 3 nitrogen and oxygen atoms in total. The summed E-state index contributed by atoms with van der Waals surface area (Å²) in [5.74, 6) is 1.04. The Morgan fingerprint density at radius 2 is 1.64 bits per heavy atom. The van der Waals surface area contributed by atoms with E-state index < -0.39 is 0 Å². The quantitative estimate of drug-likeness (QED) is 0.894. The Balaban J connectivity index is 1.64. The first-order valence-electron chi connectivity index (χ1n) is 8.98. The maximum Gasteiger partial charge on any atom is 0.122 e. The largest absolute Gasteiger partial charge is 0.489 e. The highest BCUT2D eigenvalue weighted by atomic mass is 16.5. The smallest absolute Gasteiger partial charge is 0.122 e. The highest BCUT2D eigenvalue weighted by molar-refractivity contribution is 5.32. The van der Waals surface area contributed by atoms with Gasteiger partial charge < -0.3 is 15.8 Å².